The number of para-hydroxylation sites is 2. The van der Waals surface area contributed by atoms with Crippen molar-refractivity contribution in [2.75, 3.05) is 21.3 Å². The van der Waals surface area contributed by atoms with Crippen LogP contribution in [0.25, 0.3) is 0 Å². The van der Waals surface area contributed by atoms with Gasteiger partial charge in [-0.3, -0.25) is 20.2 Å². The monoisotopic (exact) mass is 876 g/mol. The summed E-state index contributed by atoms with van der Waals surface area (Å²) in [6.07, 6.45) is 0. The summed E-state index contributed by atoms with van der Waals surface area (Å²) in [5, 5.41) is 35.4. The van der Waals surface area contributed by atoms with Crippen LogP contribution in [-0.2, 0) is 30.1 Å². The minimum Gasteiger partial charge on any atom is -0.744 e. The van der Waals surface area contributed by atoms with E-state index in [4.69, 9.17) is 0 Å². The smallest absolute Gasteiger partial charge is 0.744 e. The predicted octanol–water partition coefficient (Wildman–Crippen LogP) is 1.13. The number of hydrogen-bond donors (Lipinski definition) is 4. The zero-order valence-corrected chi connectivity index (χ0v) is 37.2. The van der Waals surface area contributed by atoms with E-state index in [-0.39, 0.29) is 93.2 Å². The van der Waals surface area contributed by atoms with E-state index in [1.165, 1.54) is 24.3 Å². The van der Waals surface area contributed by atoms with Crippen molar-refractivity contribution >= 4 is 86.9 Å². The van der Waals surface area contributed by atoms with Gasteiger partial charge in [-0.2, -0.15) is 0 Å². The fourth-order valence-corrected chi connectivity index (χ4v) is 8.42. The molecule has 23 heteroatoms. The van der Waals surface area contributed by atoms with E-state index in [1.807, 2.05) is 0 Å². The second-order valence-electron chi connectivity index (χ2n) is 11.9. The molecule has 0 aliphatic heterocycles. The van der Waals surface area contributed by atoms with Crippen molar-refractivity contribution in [2.45, 2.75) is 19.6 Å². The van der Waals surface area contributed by atoms with Crippen LogP contribution < -0.4 is 80.4 Å². The molecule has 6 aromatic carbocycles. The quantitative estimate of drug-likeness (QED) is 0.0516. The van der Waals surface area contributed by atoms with Crippen LogP contribution in [0.3, 0.4) is 0 Å². The van der Waals surface area contributed by atoms with Crippen LogP contribution in [0.5, 0.6) is 0 Å². The Morgan fingerprint density at radius 3 is 1.03 bits per heavy atom. The Morgan fingerprint density at radius 2 is 0.712 bits per heavy atom. The number of nitrogens with zero attached hydrogens (tertiary/aromatic N) is 2. The Balaban J connectivity index is 0.00000384. The van der Waals surface area contributed by atoms with E-state index in [2.05, 4.69) is 21.3 Å². The molecule has 0 aliphatic rings. The topological polar surface area (TPSA) is 283 Å². The number of hydrogen-bond acceptors (Lipinski definition) is 16. The SMILES string of the molecule is O=[N+]([O-])c1cc(Nc2ccc(Nc3ccccc3)c(S(=O)(=O)[O-])c2)ccc1S(=O)(=O)c1ccc(Nc2ccc(Nc3ccccc3)c(S(=O)(=O)[O-])c2)cc1[N+](=O)[O-].[Na+].[Na+]. The molecule has 0 heterocycles. The van der Waals surface area contributed by atoms with Crippen LogP contribution in [0.2, 0.25) is 0 Å². The molecule has 6 aromatic rings. The first kappa shape index (κ1) is 46.8. The summed E-state index contributed by atoms with van der Waals surface area (Å²) in [5.41, 5.74) is -1.34. The molecule has 0 saturated carbocycles. The first-order valence-electron chi connectivity index (χ1n) is 16.1. The Bertz CT molecular complexity index is 2700. The minimum absolute atomic E-state index is 0. The Hall–Kier alpha value is -4.91. The molecule has 0 radical (unpaired) electrons. The maximum atomic E-state index is 13.8. The molecular weight excluding hydrogens is 851 g/mol. The molecule has 59 heavy (non-hydrogen) atoms. The average molecular weight is 877 g/mol. The van der Waals surface area contributed by atoms with Crippen molar-refractivity contribution in [3.8, 4) is 0 Å². The van der Waals surface area contributed by atoms with E-state index in [0.29, 0.717) is 11.4 Å². The zero-order valence-electron chi connectivity index (χ0n) is 30.7. The normalized spacial score (nSPS) is 11.3. The summed E-state index contributed by atoms with van der Waals surface area (Å²) >= 11 is 0. The molecule has 0 fully saturated rings. The number of sulfone groups is 1. The Labute approximate surface area is 381 Å². The number of nitro groups is 2. The van der Waals surface area contributed by atoms with Gasteiger partial charge in [-0.05, 0) is 84.9 Å². The van der Waals surface area contributed by atoms with Gasteiger partial charge in [-0.1, -0.05) is 36.4 Å². The summed E-state index contributed by atoms with van der Waals surface area (Å²) in [7, 11) is -15.1. The van der Waals surface area contributed by atoms with Crippen molar-refractivity contribution in [3.05, 3.63) is 154 Å². The molecule has 0 unspecified atom stereocenters. The van der Waals surface area contributed by atoms with E-state index < -0.39 is 70.9 Å². The van der Waals surface area contributed by atoms with Gasteiger partial charge in [0.2, 0.25) is 9.84 Å². The third-order valence-corrected chi connectivity index (χ3v) is 11.7. The summed E-state index contributed by atoms with van der Waals surface area (Å²) in [6, 6.07) is 29.5. The van der Waals surface area contributed by atoms with Crippen molar-refractivity contribution in [1.82, 2.24) is 0 Å². The van der Waals surface area contributed by atoms with Gasteiger partial charge in [0.1, 0.15) is 30.0 Å². The van der Waals surface area contributed by atoms with Crippen LogP contribution in [0.1, 0.15) is 0 Å². The van der Waals surface area contributed by atoms with E-state index in [9.17, 15) is 54.6 Å². The number of nitrogens with one attached hydrogen (secondary N) is 4. The van der Waals surface area contributed by atoms with Crippen molar-refractivity contribution in [3.63, 3.8) is 0 Å². The fourth-order valence-electron chi connectivity index (χ4n) is 5.56. The summed E-state index contributed by atoms with van der Waals surface area (Å²) < 4.78 is 100. The summed E-state index contributed by atoms with van der Waals surface area (Å²) in [6.45, 7) is 0. The number of rotatable bonds is 14. The molecule has 292 valence electrons. The van der Waals surface area contributed by atoms with Crippen LogP contribution in [0.4, 0.5) is 56.9 Å². The molecule has 0 atom stereocenters. The summed E-state index contributed by atoms with van der Waals surface area (Å²) in [5.74, 6) is 0. The van der Waals surface area contributed by atoms with Gasteiger partial charge in [0.25, 0.3) is 11.4 Å². The predicted molar refractivity (Wildman–Crippen MR) is 206 cm³/mol. The van der Waals surface area contributed by atoms with Crippen LogP contribution >= 0.6 is 0 Å². The van der Waals surface area contributed by atoms with Gasteiger partial charge in [0.15, 0.2) is 0 Å². The van der Waals surface area contributed by atoms with Crippen LogP contribution in [0, 0.1) is 20.2 Å². The third-order valence-electron chi connectivity index (χ3n) is 8.08. The number of anilines is 8. The molecular formula is C36H26N6Na2O12S3. The molecule has 0 spiro atoms. The number of nitro benzene ring substituents is 2. The van der Waals surface area contributed by atoms with Gasteiger partial charge in [-0.25, -0.2) is 25.3 Å². The maximum Gasteiger partial charge on any atom is 1.00 e. The minimum atomic E-state index is -5.04. The molecule has 0 aliphatic carbocycles. The van der Waals surface area contributed by atoms with E-state index in [0.717, 1.165) is 48.5 Å². The van der Waals surface area contributed by atoms with Crippen LogP contribution in [-0.4, -0.2) is 44.2 Å². The Kier molecular flexibility index (Phi) is 15.1. The van der Waals surface area contributed by atoms with Gasteiger partial charge in [-0.15, -0.1) is 0 Å². The molecule has 0 amide bonds. The summed E-state index contributed by atoms with van der Waals surface area (Å²) in [4.78, 5) is 19.2. The molecule has 4 N–H and O–H groups in total. The second kappa shape index (κ2) is 19.0. The average Bonchev–Trinajstić information content (AvgIpc) is 3.16. The van der Waals surface area contributed by atoms with Gasteiger partial charge < -0.3 is 30.4 Å². The first-order valence-corrected chi connectivity index (χ1v) is 20.4. The molecule has 0 aromatic heterocycles. The van der Waals surface area contributed by atoms with Crippen molar-refractivity contribution < 1.29 is 103 Å². The van der Waals surface area contributed by atoms with Crippen LogP contribution in [0.15, 0.2) is 153 Å². The largest absolute Gasteiger partial charge is 1.00 e. The zero-order chi connectivity index (χ0) is 41.1. The number of benzene rings is 6. The first-order chi connectivity index (χ1) is 26.9. The molecule has 0 bridgehead atoms. The maximum absolute atomic E-state index is 13.8. The van der Waals surface area contributed by atoms with Gasteiger partial charge in [0.05, 0.1) is 31.0 Å². The van der Waals surface area contributed by atoms with E-state index in [1.54, 1.807) is 60.7 Å². The fraction of sp³-hybridized carbons (Fsp3) is 0. The van der Waals surface area contributed by atoms with Crippen molar-refractivity contribution in [1.29, 1.82) is 0 Å². The third kappa shape index (κ3) is 11.2. The van der Waals surface area contributed by atoms with E-state index >= 15 is 0 Å². The molecule has 18 nitrogen and oxygen atoms in total. The second-order valence-corrected chi connectivity index (χ2v) is 16.5. The molecule has 0 saturated heterocycles. The Morgan fingerprint density at radius 1 is 0.390 bits per heavy atom. The van der Waals surface area contributed by atoms with Crippen molar-refractivity contribution in [2.24, 2.45) is 0 Å². The standard InChI is InChI=1S/C36H28N6O12S3.2Na/c43-41(44)31-19-25(37-27-11-15-29(35(21-27)56(49,50)51)39-23-7-3-1-4-8-23)13-17-33(31)55(47,48)34-18-14-26(20-32(34)42(45)46)38-28-12-16-30(36(22-28)57(52,53)54)40-24-9-5-2-6-10-24;;/h1-22,37-40H,(H,49,50,51)(H,52,53,54);;/q;2*+1/p-2. The molecule has 6 rings (SSSR count). The van der Waals surface area contributed by atoms with Gasteiger partial charge >= 0.3 is 59.1 Å². The van der Waals surface area contributed by atoms with Gasteiger partial charge in [0, 0.05) is 46.3 Å².